The molecule has 6 nitrogen and oxygen atoms in total. The highest BCUT2D eigenvalue weighted by Gasteiger charge is 2.20. The van der Waals surface area contributed by atoms with E-state index in [4.69, 9.17) is 0 Å². The molecule has 2 N–H and O–H groups in total. The minimum atomic E-state index is -0.206. The Hall–Kier alpha value is -1.43. The van der Waals surface area contributed by atoms with Gasteiger partial charge in [-0.15, -0.1) is 10.2 Å². The molecular weight excluding hydrogens is 242 g/mol. The van der Waals surface area contributed by atoms with Crippen molar-refractivity contribution < 1.29 is 4.79 Å². The summed E-state index contributed by atoms with van der Waals surface area (Å²) in [7, 11) is 0. The fourth-order valence-corrected chi connectivity index (χ4v) is 2.41. The molecule has 0 aromatic carbocycles. The Bertz CT molecular complexity index is 411. The summed E-state index contributed by atoms with van der Waals surface area (Å²) < 4.78 is 1.97. The van der Waals surface area contributed by atoms with Crippen molar-refractivity contribution in [2.45, 2.75) is 64.7 Å². The van der Waals surface area contributed by atoms with Crippen LogP contribution in [-0.4, -0.2) is 32.8 Å². The molecule has 1 aliphatic rings. The Morgan fingerprint density at radius 3 is 2.95 bits per heavy atom. The third kappa shape index (κ3) is 3.76. The van der Waals surface area contributed by atoms with Gasteiger partial charge < -0.3 is 9.88 Å². The molecule has 1 atom stereocenters. The topological polar surface area (TPSA) is 71.8 Å². The lowest BCUT2D eigenvalue weighted by atomic mass is 10.2. The van der Waals surface area contributed by atoms with E-state index in [2.05, 4.69) is 20.8 Å². The van der Waals surface area contributed by atoms with E-state index in [0.29, 0.717) is 12.6 Å². The van der Waals surface area contributed by atoms with Crippen molar-refractivity contribution >= 4 is 5.91 Å². The smallest absolute Gasteiger partial charge is 0.237 e. The maximum Gasteiger partial charge on any atom is 0.237 e. The molecule has 1 saturated carbocycles. The van der Waals surface area contributed by atoms with Gasteiger partial charge in [-0.3, -0.25) is 10.1 Å². The average molecular weight is 265 g/mol. The summed E-state index contributed by atoms with van der Waals surface area (Å²) in [4.78, 5) is 12.0. The van der Waals surface area contributed by atoms with Crippen LogP contribution in [-0.2, 0) is 17.9 Å². The lowest BCUT2D eigenvalue weighted by Crippen LogP contribution is -2.45. The number of hydrogen-bond donors (Lipinski definition) is 2. The van der Waals surface area contributed by atoms with E-state index in [-0.39, 0.29) is 11.9 Å². The highest BCUT2D eigenvalue weighted by atomic mass is 16.2. The lowest BCUT2D eigenvalue weighted by Gasteiger charge is -2.17. The van der Waals surface area contributed by atoms with Gasteiger partial charge >= 0.3 is 0 Å². The highest BCUT2D eigenvalue weighted by molar-refractivity contribution is 5.81. The number of aromatic nitrogens is 3. The second-order valence-corrected chi connectivity index (χ2v) is 5.13. The van der Waals surface area contributed by atoms with Gasteiger partial charge in [0.1, 0.15) is 12.2 Å². The third-order valence-corrected chi connectivity index (χ3v) is 3.70. The third-order valence-electron chi connectivity index (χ3n) is 3.70. The minimum Gasteiger partial charge on any atom is -0.352 e. The molecule has 1 fully saturated rings. The van der Waals surface area contributed by atoms with Crippen molar-refractivity contribution in [2.75, 3.05) is 0 Å². The molecule has 1 amide bonds. The molecule has 1 aromatic rings. The van der Waals surface area contributed by atoms with Gasteiger partial charge in [-0.1, -0.05) is 12.8 Å². The fourth-order valence-electron chi connectivity index (χ4n) is 2.41. The quantitative estimate of drug-likeness (QED) is 0.799. The van der Waals surface area contributed by atoms with Gasteiger partial charge in [-0.25, -0.2) is 0 Å². The molecule has 0 spiro atoms. The van der Waals surface area contributed by atoms with Gasteiger partial charge in [0.2, 0.25) is 5.91 Å². The van der Waals surface area contributed by atoms with E-state index >= 15 is 0 Å². The van der Waals surface area contributed by atoms with Gasteiger partial charge in [0.05, 0.1) is 12.6 Å². The van der Waals surface area contributed by atoms with Gasteiger partial charge in [-0.2, -0.15) is 0 Å². The summed E-state index contributed by atoms with van der Waals surface area (Å²) >= 11 is 0. The number of nitrogens with zero attached hydrogens (tertiary/aromatic N) is 3. The zero-order valence-electron chi connectivity index (χ0n) is 11.7. The Labute approximate surface area is 114 Å². The van der Waals surface area contributed by atoms with Crippen molar-refractivity contribution in [3.8, 4) is 0 Å². The van der Waals surface area contributed by atoms with E-state index in [0.717, 1.165) is 25.2 Å². The van der Waals surface area contributed by atoms with Crippen LogP contribution in [0.3, 0.4) is 0 Å². The monoisotopic (exact) mass is 265 g/mol. The molecule has 2 rings (SSSR count). The molecular formula is C13H23N5O. The van der Waals surface area contributed by atoms with Gasteiger partial charge in [-0.05, 0) is 26.7 Å². The molecule has 1 unspecified atom stereocenters. The molecule has 106 valence electrons. The zero-order chi connectivity index (χ0) is 13.7. The SMILES string of the molecule is CCn1cnnc1CNC(C)C(=O)NC1CCCC1. The van der Waals surface area contributed by atoms with E-state index in [9.17, 15) is 4.79 Å². The highest BCUT2D eigenvalue weighted by Crippen LogP contribution is 2.17. The van der Waals surface area contributed by atoms with Crippen LogP contribution < -0.4 is 10.6 Å². The van der Waals surface area contributed by atoms with Crippen LogP contribution in [0.5, 0.6) is 0 Å². The molecule has 1 heterocycles. The normalized spacial score (nSPS) is 17.6. The van der Waals surface area contributed by atoms with E-state index in [1.807, 2.05) is 18.4 Å². The molecule has 0 bridgehead atoms. The van der Waals surface area contributed by atoms with Crippen molar-refractivity contribution in [2.24, 2.45) is 0 Å². The van der Waals surface area contributed by atoms with E-state index < -0.39 is 0 Å². The van der Waals surface area contributed by atoms with E-state index in [1.54, 1.807) is 6.33 Å². The first-order chi connectivity index (χ1) is 9.20. The minimum absolute atomic E-state index is 0.0782. The number of hydrogen-bond acceptors (Lipinski definition) is 4. The standard InChI is InChI=1S/C13H23N5O/c1-3-18-9-15-17-12(18)8-14-10(2)13(19)16-11-6-4-5-7-11/h9-11,14H,3-8H2,1-2H3,(H,16,19). The number of nitrogens with one attached hydrogen (secondary N) is 2. The number of amides is 1. The summed E-state index contributed by atoms with van der Waals surface area (Å²) in [5.41, 5.74) is 0. The zero-order valence-corrected chi connectivity index (χ0v) is 11.7. The summed E-state index contributed by atoms with van der Waals surface area (Å²) in [6.07, 6.45) is 6.39. The first-order valence-electron chi connectivity index (χ1n) is 7.11. The number of carbonyl (C=O) groups excluding carboxylic acids is 1. The number of rotatable bonds is 6. The molecule has 0 radical (unpaired) electrons. The first-order valence-corrected chi connectivity index (χ1v) is 7.11. The maximum absolute atomic E-state index is 12.0. The Balaban J connectivity index is 1.77. The maximum atomic E-state index is 12.0. The second-order valence-electron chi connectivity index (χ2n) is 5.13. The predicted octanol–water partition coefficient (Wildman–Crippen LogP) is 0.835. The summed E-state index contributed by atoms with van der Waals surface area (Å²) in [6, 6.07) is 0.165. The van der Waals surface area contributed by atoms with Crippen LogP contribution in [0.1, 0.15) is 45.4 Å². The predicted molar refractivity (Wildman–Crippen MR) is 72.4 cm³/mol. The number of carbonyl (C=O) groups is 1. The molecule has 19 heavy (non-hydrogen) atoms. The molecule has 1 aromatic heterocycles. The van der Waals surface area contributed by atoms with E-state index in [1.165, 1.54) is 12.8 Å². The lowest BCUT2D eigenvalue weighted by molar-refractivity contribution is -0.123. The van der Waals surface area contributed by atoms with Crippen LogP contribution in [0.15, 0.2) is 6.33 Å². The van der Waals surface area contributed by atoms with Crippen molar-refractivity contribution in [1.82, 2.24) is 25.4 Å². The van der Waals surface area contributed by atoms with Crippen molar-refractivity contribution in [3.63, 3.8) is 0 Å². The largest absolute Gasteiger partial charge is 0.352 e. The Morgan fingerprint density at radius 2 is 2.26 bits per heavy atom. The Morgan fingerprint density at radius 1 is 1.53 bits per heavy atom. The van der Waals surface area contributed by atoms with Crippen LogP contribution >= 0.6 is 0 Å². The molecule has 6 heteroatoms. The fraction of sp³-hybridized carbons (Fsp3) is 0.769. The summed E-state index contributed by atoms with van der Waals surface area (Å²) in [5.74, 6) is 0.942. The summed E-state index contributed by atoms with van der Waals surface area (Å²) in [5, 5.41) is 14.2. The van der Waals surface area contributed by atoms with Crippen molar-refractivity contribution in [1.29, 1.82) is 0 Å². The van der Waals surface area contributed by atoms with Crippen LogP contribution in [0.2, 0.25) is 0 Å². The Kier molecular flexibility index (Phi) is 4.90. The first kappa shape index (κ1) is 14.0. The number of aryl methyl sites for hydroxylation is 1. The van der Waals surface area contributed by atoms with Crippen LogP contribution in [0, 0.1) is 0 Å². The molecule has 0 saturated heterocycles. The van der Waals surface area contributed by atoms with Gasteiger partial charge in [0.15, 0.2) is 0 Å². The van der Waals surface area contributed by atoms with Crippen LogP contribution in [0.4, 0.5) is 0 Å². The molecule has 1 aliphatic carbocycles. The summed E-state index contributed by atoms with van der Waals surface area (Å²) in [6.45, 7) is 5.33. The average Bonchev–Trinajstić information content (AvgIpc) is 3.06. The van der Waals surface area contributed by atoms with Gasteiger partial charge in [0, 0.05) is 12.6 Å². The van der Waals surface area contributed by atoms with Gasteiger partial charge in [0.25, 0.3) is 0 Å². The second kappa shape index (κ2) is 6.65. The van der Waals surface area contributed by atoms with Crippen LogP contribution in [0.25, 0.3) is 0 Å². The molecule has 0 aliphatic heterocycles. The van der Waals surface area contributed by atoms with Crippen molar-refractivity contribution in [3.05, 3.63) is 12.2 Å².